The number of carbonyl (C=O) groups is 4. The van der Waals surface area contributed by atoms with Crippen molar-refractivity contribution in [3.05, 3.63) is 54.1 Å². The summed E-state index contributed by atoms with van der Waals surface area (Å²) in [6.45, 7) is 20.8. The van der Waals surface area contributed by atoms with E-state index < -0.39 is 89.2 Å². The lowest BCUT2D eigenvalue weighted by Gasteiger charge is -2.47. The maximum atomic E-state index is 14.8. The van der Waals surface area contributed by atoms with Crippen molar-refractivity contribution in [1.82, 2.24) is 10.9 Å². The highest BCUT2D eigenvalue weighted by molar-refractivity contribution is 5.93. The Balaban J connectivity index is 1.29. The number of amides is 2. The molecule has 370 valence electrons. The topological polar surface area (TPSA) is 188 Å². The number of Topliss-reactive ketones (excluding diaryl/α,β-unsaturated/α-hetero) is 1. The highest BCUT2D eigenvalue weighted by Crippen LogP contribution is 2.49. The molecule has 0 aromatic heterocycles. The summed E-state index contributed by atoms with van der Waals surface area (Å²) >= 11 is 0. The number of ketones is 1. The molecule has 1 aromatic rings. The fraction of sp³-hybridized carbons (Fsp3) is 0.731. The molecule has 1 spiro atoms. The molecular formula is C52H80N2O12. The van der Waals surface area contributed by atoms with Crippen molar-refractivity contribution in [2.45, 2.75) is 200 Å². The van der Waals surface area contributed by atoms with Crippen LogP contribution in [-0.2, 0) is 47.9 Å². The van der Waals surface area contributed by atoms with Crippen molar-refractivity contribution in [2.75, 3.05) is 0 Å². The molecule has 4 N–H and O–H groups in total. The van der Waals surface area contributed by atoms with Crippen molar-refractivity contribution in [1.29, 1.82) is 0 Å². The first-order chi connectivity index (χ1) is 31.2. The lowest BCUT2D eigenvalue weighted by molar-refractivity contribution is -0.468. The van der Waals surface area contributed by atoms with Crippen LogP contribution in [-0.4, -0.2) is 93.5 Å². The second-order valence-electron chi connectivity index (χ2n) is 20.2. The van der Waals surface area contributed by atoms with E-state index in [1.165, 1.54) is 13.0 Å². The lowest BCUT2D eigenvalue weighted by atomic mass is 9.74. The van der Waals surface area contributed by atoms with Gasteiger partial charge in [-0.05, 0) is 107 Å². The Hall–Kier alpha value is -3.50. The van der Waals surface area contributed by atoms with Crippen LogP contribution in [0.25, 0.3) is 6.08 Å². The second-order valence-corrected chi connectivity index (χ2v) is 20.2. The molecule has 66 heavy (non-hydrogen) atoms. The van der Waals surface area contributed by atoms with Crippen LogP contribution < -0.4 is 10.9 Å². The van der Waals surface area contributed by atoms with Crippen LogP contribution in [0.1, 0.15) is 146 Å². The normalized spacial score (nSPS) is 37.0. The van der Waals surface area contributed by atoms with Gasteiger partial charge in [0.05, 0.1) is 47.6 Å². The molecule has 0 bridgehead atoms. The minimum absolute atomic E-state index is 0.0108. The number of benzene rings is 1. The summed E-state index contributed by atoms with van der Waals surface area (Å²) in [5, 5.41) is 23.2. The Kier molecular flexibility index (Phi) is 18.8. The molecule has 0 unspecified atom stereocenters. The van der Waals surface area contributed by atoms with Crippen molar-refractivity contribution >= 4 is 29.6 Å². The molecule has 4 heterocycles. The minimum Gasteiger partial charge on any atom is -0.452 e. The predicted octanol–water partition coefficient (Wildman–Crippen LogP) is 7.74. The van der Waals surface area contributed by atoms with Gasteiger partial charge >= 0.3 is 5.97 Å². The number of hydrogen-bond donors (Lipinski definition) is 4. The van der Waals surface area contributed by atoms with Gasteiger partial charge in [0.2, 0.25) is 11.7 Å². The van der Waals surface area contributed by atoms with Gasteiger partial charge in [-0.1, -0.05) is 91.8 Å². The quantitative estimate of drug-likeness (QED) is 0.0441. The molecule has 0 saturated carbocycles. The van der Waals surface area contributed by atoms with E-state index >= 15 is 0 Å². The number of ether oxygens (including phenoxy) is 4. The highest BCUT2D eigenvalue weighted by Gasteiger charge is 2.60. The van der Waals surface area contributed by atoms with Crippen molar-refractivity contribution in [3.63, 3.8) is 0 Å². The Bertz CT molecular complexity index is 1840. The number of nitrogens with one attached hydrogen (secondary N) is 2. The molecule has 3 fully saturated rings. The standard InChI is InChI=1S/C52H80N2O12/c1-12-39(49(59)54-53-44(56)25-22-38-18-16-15-17-19-38)41-23-21-32(5)47(63-41)35(8)45(57)34(7)46(58)40(13-2)48-33(6)30-31(4)20-24-43(62-37(10)55)52(66-64-48)29-28-50(11,65-52)42-26-27-51(60,14-3)36(9)61-42/h15-20,22,24-25,31-36,39-43,45,47-48,57,60H,12-14,21,23,26-30H2,1-11H3,(H,53,56)(H,54,59)/b24-20-,25-22+/t31-,32-,33-,34-,35-,36-,39+,40-,41+,42+,43+,45+,47+,48-,50-,51+,52-/m0/s1. The Labute approximate surface area is 393 Å². The third-order valence-corrected chi connectivity index (χ3v) is 15.4. The first-order valence-electron chi connectivity index (χ1n) is 24.7. The Morgan fingerprint density at radius 3 is 2.21 bits per heavy atom. The fourth-order valence-electron chi connectivity index (χ4n) is 10.9. The van der Waals surface area contributed by atoms with Gasteiger partial charge in [0, 0.05) is 37.2 Å². The first kappa shape index (κ1) is 53.5. The summed E-state index contributed by atoms with van der Waals surface area (Å²) in [5.41, 5.74) is 4.10. The second kappa shape index (κ2) is 23.2. The van der Waals surface area contributed by atoms with Crippen LogP contribution >= 0.6 is 0 Å². The number of rotatable bonds is 15. The van der Waals surface area contributed by atoms with Gasteiger partial charge in [0.25, 0.3) is 5.91 Å². The van der Waals surface area contributed by atoms with E-state index in [-0.39, 0.29) is 35.5 Å². The summed E-state index contributed by atoms with van der Waals surface area (Å²) in [6, 6.07) is 9.38. The van der Waals surface area contributed by atoms with Gasteiger partial charge < -0.3 is 29.2 Å². The van der Waals surface area contributed by atoms with E-state index in [1.807, 2.05) is 91.0 Å². The fourth-order valence-corrected chi connectivity index (χ4v) is 10.9. The highest BCUT2D eigenvalue weighted by atomic mass is 17.2. The molecule has 17 atom stereocenters. The summed E-state index contributed by atoms with van der Waals surface area (Å²) in [6.07, 6.45) is 7.69. The van der Waals surface area contributed by atoms with Gasteiger partial charge in [-0.3, -0.25) is 30.0 Å². The lowest BCUT2D eigenvalue weighted by Crippen LogP contribution is -2.56. The molecule has 2 amide bonds. The van der Waals surface area contributed by atoms with Crippen LogP contribution in [0.3, 0.4) is 0 Å². The predicted molar refractivity (Wildman–Crippen MR) is 250 cm³/mol. The molecule has 3 saturated heterocycles. The van der Waals surface area contributed by atoms with Crippen LogP contribution in [0.15, 0.2) is 48.6 Å². The van der Waals surface area contributed by atoms with E-state index in [1.54, 1.807) is 13.0 Å². The van der Waals surface area contributed by atoms with Gasteiger partial charge in [-0.25, -0.2) is 4.89 Å². The molecule has 1 aromatic carbocycles. The van der Waals surface area contributed by atoms with E-state index in [0.29, 0.717) is 57.8 Å². The maximum absolute atomic E-state index is 14.8. The average Bonchev–Trinajstić information content (AvgIpc) is 3.66. The van der Waals surface area contributed by atoms with Gasteiger partial charge in [0.15, 0.2) is 6.10 Å². The monoisotopic (exact) mass is 925 g/mol. The summed E-state index contributed by atoms with van der Waals surface area (Å²) in [4.78, 5) is 66.3. The number of esters is 1. The summed E-state index contributed by atoms with van der Waals surface area (Å²) < 4.78 is 26.0. The molecule has 4 aliphatic heterocycles. The molecule has 0 aliphatic carbocycles. The number of carbonyl (C=O) groups excluding carboxylic acids is 4. The third-order valence-electron chi connectivity index (χ3n) is 15.4. The zero-order valence-corrected chi connectivity index (χ0v) is 41.3. The van der Waals surface area contributed by atoms with E-state index in [9.17, 15) is 29.4 Å². The SMILES string of the molecule is CC[C@@H](C(=O)[C@@H](C)[C@@H](O)[C@H](C)[C@@H]1O[C@@H]([C@@H](CC)C(=O)NNC(=O)/C=C/c2ccccc2)CC[C@@H]1C)[C@H]1OO[C@@]2(CC[C@@](C)([C@H]3CC[C@](O)(CC)[C@H](C)O3)O2)[C@H](OC(C)=O)/C=C\[C@H](C)C[C@@H]1C. The van der Waals surface area contributed by atoms with Crippen LogP contribution in [0, 0.1) is 41.4 Å². The van der Waals surface area contributed by atoms with Gasteiger partial charge in [-0.15, -0.1) is 0 Å². The largest absolute Gasteiger partial charge is 0.452 e. The Morgan fingerprint density at radius 2 is 1.58 bits per heavy atom. The van der Waals surface area contributed by atoms with Gasteiger partial charge in [-0.2, -0.15) is 4.89 Å². The number of allylic oxidation sites excluding steroid dienone is 1. The van der Waals surface area contributed by atoms with Crippen LogP contribution in [0.2, 0.25) is 0 Å². The summed E-state index contributed by atoms with van der Waals surface area (Å²) in [7, 11) is 0. The Morgan fingerprint density at radius 1 is 0.879 bits per heavy atom. The maximum Gasteiger partial charge on any atom is 0.303 e. The van der Waals surface area contributed by atoms with E-state index in [2.05, 4.69) is 24.7 Å². The molecular weight excluding hydrogens is 845 g/mol. The average molecular weight is 925 g/mol. The molecule has 5 rings (SSSR count). The molecule has 4 aliphatic rings. The third kappa shape index (κ3) is 12.6. The molecule has 14 heteroatoms. The summed E-state index contributed by atoms with van der Waals surface area (Å²) in [5.74, 6) is -5.71. The zero-order chi connectivity index (χ0) is 48.6. The minimum atomic E-state index is -1.57. The van der Waals surface area contributed by atoms with Crippen LogP contribution in [0.4, 0.5) is 0 Å². The van der Waals surface area contributed by atoms with Crippen molar-refractivity contribution < 1.29 is 58.1 Å². The number of aliphatic hydroxyl groups excluding tert-OH is 1. The van der Waals surface area contributed by atoms with E-state index in [4.69, 9.17) is 28.7 Å². The first-order valence-corrected chi connectivity index (χ1v) is 24.7. The smallest absolute Gasteiger partial charge is 0.303 e. The molecule has 0 radical (unpaired) electrons. The number of hydrogen-bond acceptors (Lipinski definition) is 12. The van der Waals surface area contributed by atoms with E-state index in [0.717, 1.165) is 12.0 Å². The van der Waals surface area contributed by atoms with Gasteiger partial charge in [0.1, 0.15) is 11.9 Å². The molecule has 14 nitrogen and oxygen atoms in total. The number of aliphatic hydroxyl groups is 2. The zero-order valence-electron chi connectivity index (χ0n) is 41.3. The van der Waals surface area contributed by atoms with Crippen molar-refractivity contribution in [3.8, 4) is 0 Å². The van der Waals surface area contributed by atoms with Crippen LogP contribution in [0.5, 0.6) is 0 Å². The number of hydrazine groups is 1. The van der Waals surface area contributed by atoms with Crippen molar-refractivity contribution in [2.24, 2.45) is 41.4 Å².